The molecular weight excluding hydrogens is 445 g/mol. The second kappa shape index (κ2) is 9.82. The molecule has 1 saturated carbocycles. The van der Waals surface area contributed by atoms with Crippen LogP contribution < -0.4 is 0 Å². The molecule has 1 aromatic heterocycles. The van der Waals surface area contributed by atoms with Crippen LogP contribution in [0.3, 0.4) is 0 Å². The Morgan fingerprint density at radius 2 is 1.89 bits per heavy atom. The minimum Gasteiger partial charge on any atom is -0.444 e. The number of hydrogen-bond donors (Lipinski definition) is 1. The molecular formula is C28H40FN3O3. The zero-order valence-electron chi connectivity index (χ0n) is 22.0. The van der Waals surface area contributed by atoms with Crippen molar-refractivity contribution >= 4 is 22.9 Å². The first-order valence-electron chi connectivity index (χ1n) is 13.0. The van der Waals surface area contributed by atoms with Crippen LogP contribution in [0.1, 0.15) is 77.6 Å². The Morgan fingerprint density at radius 3 is 2.51 bits per heavy atom. The predicted octanol–water partition coefficient (Wildman–Crippen LogP) is 6.06. The van der Waals surface area contributed by atoms with Crippen molar-refractivity contribution in [3.63, 3.8) is 0 Å². The lowest BCUT2D eigenvalue weighted by atomic mass is 9.80. The fraction of sp³-hybridized carbons (Fsp3) is 0.643. The summed E-state index contributed by atoms with van der Waals surface area (Å²) < 4.78 is 19.3. The smallest absolute Gasteiger partial charge is 0.410 e. The van der Waals surface area contributed by atoms with Crippen LogP contribution in [-0.2, 0) is 16.0 Å². The number of benzene rings is 1. The van der Waals surface area contributed by atoms with Crippen LogP contribution in [0.15, 0.2) is 18.2 Å². The molecule has 2 heterocycles. The number of ether oxygens (including phenoxy) is 1. The minimum atomic E-state index is -0.504. The van der Waals surface area contributed by atoms with E-state index in [0.29, 0.717) is 19.0 Å². The van der Waals surface area contributed by atoms with E-state index >= 15 is 0 Å². The number of aromatic amines is 1. The van der Waals surface area contributed by atoms with Crippen molar-refractivity contribution in [3.8, 4) is 0 Å². The molecule has 2 aromatic rings. The second-order valence-electron chi connectivity index (χ2n) is 11.8. The Kier molecular flexibility index (Phi) is 7.16. The van der Waals surface area contributed by atoms with E-state index in [4.69, 9.17) is 4.74 Å². The van der Waals surface area contributed by atoms with Gasteiger partial charge in [0.2, 0.25) is 5.91 Å². The lowest BCUT2D eigenvalue weighted by Crippen LogP contribution is -2.46. The van der Waals surface area contributed by atoms with Gasteiger partial charge in [-0.25, -0.2) is 9.18 Å². The van der Waals surface area contributed by atoms with E-state index in [1.54, 1.807) is 18.0 Å². The molecule has 2 aliphatic rings. The van der Waals surface area contributed by atoms with Crippen LogP contribution in [0.25, 0.3) is 10.9 Å². The summed E-state index contributed by atoms with van der Waals surface area (Å²) in [5, 5.41) is 1.06. The summed E-state index contributed by atoms with van der Waals surface area (Å²) in [5.74, 6) is 0.629. The number of H-pyrrole nitrogens is 1. The molecule has 0 spiro atoms. The van der Waals surface area contributed by atoms with Crippen LogP contribution in [0.5, 0.6) is 0 Å². The number of fused-ring (bicyclic) bond motifs is 3. The highest BCUT2D eigenvalue weighted by Gasteiger charge is 2.39. The normalized spacial score (nSPS) is 22.9. The fourth-order valence-electron chi connectivity index (χ4n) is 5.87. The van der Waals surface area contributed by atoms with Gasteiger partial charge in [0.25, 0.3) is 0 Å². The Bertz CT molecular complexity index is 1080. The summed E-state index contributed by atoms with van der Waals surface area (Å²) >= 11 is 0. The van der Waals surface area contributed by atoms with Crippen LogP contribution in [0, 0.1) is 23.6 Å². The van der Waals surface area contributed by atoms with Gasteiger partial charge in [-0.2, -0.15) is 0 Å². The molecule has 0 unspecified atom stereocenters. The number of nitrogens with zero attached hydrogens (tertiary/aromatic N) is 2. The molecule has 1 atom stereocenters. The lowest BCUT2D eigenvalue weighted by Gasteiger charge is -2.41. The number of carbonyl (C=O) groups excluding carboxylic acids is 2. The molecule has 4 rings (SSSR count). The first-order chi connectivity index (χ1) is 16.4. The highest BCUT2D eigenvalue weighted by Crippen LogP contribution is 2.41. The molecule has 35 heavy (non-hydrogen) atoms. The Morgan fingerprint density at radius 1 is 1.20 bits per heavy atom. The second-order valence-corrected chi connectivity index (χ2v) is 11.8. The molecule has 1 aromatic carbocycles. The van der Waals surface area contributed by atoms with Crippen molar-refractivity contribution < 1.29 is 18.7 Å². The van der Waals surface area contributed by atoms with Gasteiger partial charge in [-0.1, -0.05) is 13.8 Å². The molecule has 1 fully saturated rings. The molecule has 192 valence electrons. The van der Waals surface area contributed by atoms with Gasteiger partial charge in [-0.3, -0.25) is 4.79 Å². The zero-order valence-corrected chi connectivity index (χ0v) is 22.0. The van der Waals surface area contributed by atoms with Crippen molar-refractivity contribution in [2.45, 2.75) is 78.4 Å². The van der Waals surface area contributed by atoms with Crippen molar-refractivity contribution in [2.24, 2.45) is 17.8 Å². The zero-order chi connectivity index (χ0) is 25.5. The largest absolute Gasteiger partial charge is 0.444 e. The number of nitrogens with one attached hydrogen (secondary N) is 1. The van der Waals surface area contributed by atoms with Gasteiger partial charge < -0.3 is 19.5 Å². The SMILES string of the molecule is CC(C)[C@@H]1c2[nH]c3cc(F)ccc3c2CCN1C(=O)[C@H]1CC[C@H](CN(C)C(=O)OC(C)(C)C)CC1. The van der Waals surface area contributed by atoms with Crippen LogP contribution in [0.2, 0.25) is 0 Å². The maximum absolute atomic E-state index is 13.8. The first kappa shape index (κ1) is 25.5. The molecule has 0 radical (unpaired) electrons. The van der Waals surface area contributed by atoms with Crippen molar-refractivity contribution in [1.29, 1.82) is 0 Å². The molecule has 0 saturated heterocycles. The number of halogens is 1. The molecule has 1 aliphatic carbocycles. The standard InChI is InChI=1S/C28H40FN3O3/c1-17(2)25-24-22(21-12-11-20(29)15-23(21)30-24)13-14-32(25)26(33)19-9-7-18(8-10-19)16-31(6)27(34)35-28(3,4)5/h11-12,15,17-19,25,30H,7-10,13-14,16H2,1-6H3/t18-,19-,25-/m1/s1. The first-order valence-corrected chi connectivity index (χ1v) is 13.0. The van der Waals surface area contributed by atoms with Gasteiger partial charge in [0.15, 0.2) is 0 Å². The van der Waals surface area contributed by atoms with Crippen molar-refractivity contribution in [2.75, 3.05) is 20.1 Å². The summed E-state index contributed by atoms with van der Waals surface area (Å²) in [6, 6.07) is 4.88. The van der Waals surface area contributed by atoms with E-state index in [1.807, 2.05) is 26.8 Å². The van der Waals surface area contributed by atoms with E-state index < -0.39 is 5.60 Å². The third-order valence-electron chi connectivity index (χ3n) is 7.48. The van der Waals surface area contributed by atoms with Crippen LogP contribution >= 0.6 is 0 Å². The molecule has 1 aliphatic heterocycles. The van der Waals surface area contributed by atoms with E-state index in [2.05, 4.69) is 23.7 Å². The molecule has 0 bridgehead atoms. The maximum Gasteiger partial charge on any atom is 0.410 e. The highest BCUT2D eigenvalue weighted by molar-refractivity contribution is 5.86. The summed E-state index contributed by atoms with van der Waals surface area (Å²) in [6.07, 6.45) is 4.04. The highest BCUT2D eigenvalue weighted by atomic mass is 19.1. The van der Waals surface area contributed by atoms with Crippen LogP contribution in [0.4, 0.5) is 9.18 Å². The molecule has 2 amide bonds. The number of amides is 2. The lowest BCUT2D eigenvalue weighted by molar-refractivity contribution is -0.141. The third kappa shape index (κ3) is 5.49. The van der Waals surface area contributed by atoms with Crippen molar-refractivity contribution in [3.05, 3.63) is 35.3 Å². The predicted molar refractivity (Wildman–Crippen MR) is 136 cm³/mol. The Labute approximate surface area is 208 Å². The number of aromatic nitrogens is 1. The van der Waals surface area contributed by atoms with E-state index in [0.717, 1.165) is 48.7 Å². The summed E-state index contributed by atoms with van der Waals surface area (Å²) in [4.78, 5) is 33.2. The quantitative estimate of drug-likeness (QED) is 0.572. The molecule has 7 heteroatoms. The summed E-state index contributed by atoms with van der Waals surface area (Å²) in [6.45, 7) is 11.3. The van der Waals surface area contributed by atoms with Gasteiger partial charge >= 0.3 is 6.09 Å². The van der Waals surface area contributed by atoms with E-state index in [9.17, 15) is 14.0 Å². The average Bonchev–Trinajstić information content (AvgIpc) is 3.14. The van der Waals surface area contributed by atoms with Gasteiger partial charge in [-0.15, -0.1) is 0 Å². The molecule has 6 nitrogen and oxygen atoms in total. The number of rotatable bonds is 4. The van der Waals surface area contributed by atoms with E-state index in [1.165, 1.54) is 11.6 Å². The topological polar surface area (TPSA) is 65.6 Å². The minimum absolute atomic E-state index is 0.0164. The fourth-order valence-corrected chi connectivity index (χ4v) is 5.87. The summed E-state index contributed by atoms with van der Waals surface area (Å²) in [5.41, 5.74) is 2.59. The van der Waals surface area contributed by atoms with Gasteiger partial charge in [0.1, 0.15) is 11.4 Å². The number of carbonyl (C=O) groups is 2. The van der Waals surface area contributed by atoms with Crippen molar-refractivity contribution in [1.82, 2.24) is 14.8 Å². The maximum atomic E-state index is 13.8. The van der Waals surface area contributed by atoms with Crippen LogP contribution in [-0.4, -0.2) is 52.5 Å². The third-order valence-corrected chi connectivity index (χ3v) is 7.48. The van der Waals surface area contributed by atoms with Gasteiger partial charge in [0, 0.05) is 42.7 Å². The molecule has 1 N–H and O–H groups in total. The van der Waals surface area contributed by atoms with E-state index in [-0.39, 0.29) is 35.7 Å². The van der Waals surface area contributed by atoms with Gasteiger partial charge in [0.05, 0.1) is 6.04 Å². The number of hydrogen-bond acceptors (Lipinski definition) is 3. The summed E-state index contributed by atoms with van der Waals surface area (Å²) in [7, 11) is 1.79. The monoisotopic (exact) mass is 485 g/mol. The Balaban J connectivity index is 1.41. The Hall–Kier alpha value is -2.57. The average molecular weight is 486 g/mol. The van der Waals surface area contributed by atoms with Gasteiger partial charge in [-0.05, 0) is 88.5 Å².